The molecule has 9 atom stereocenters. The molecular formula is C25H32O7. The Balaban J connectivity index is 1.31. The molecule has 0 aromatic rings. The number of esters is 2. The third-order valence-electron chi connectivity index (χ3n) is 10.0. The molecule has 0 aromatic heterocycles. The minimum atomic E-state index is -0.649. The van der Waals surface area contributed by atoms with Gasteiger partial charge in [0.05, 0.1) is 6.10 Å². The SMILES string of the molecule is CCCCC(=O)O[C@@H]1[C@@]2(C(C)C)O[C@H]2[C@@H]2O[C@]23[C@]12O[C@H]2C[C@H]1C2=C(CC[C@@]13C)C(=O)OC2. The predicted octanol–water partition coefficient (Wildman–Crippen LogP) is 2.84. The third-order valence-corrected chi connectivity index (χ3v) is 10.0. The van der Waals surface area contributed by atoms with Crippen molar-refractivity contribution in [3.05, 3.63) is 11.1 Å². The van der Waals surface area contributed by atoms with Crippen LogP contribution in [-0.4, -0.2) is 59.8 Å². The van der Waals surface area contributed by atoms with E-state index in [0.29, 0.717) is 19.4 Å². The van der Waals surface area contributed by atoms with Gasteiger partial charge in [0.1, 0.15) is 30.0 Å². The molecule has 7 nitrogen and oxygen atoms in total. The van der Waals surface area contributed by atoms with Gasteiger partial charge in [-0.1, -0.05) is 34.1 Å². The van der Waals surface area contributed by atoms with Crippen LogP contribution < -0.4 is 0 Å². The lowest BCUT2D eigenvalue weighted by Crippen LogP contribution is -2.70. The second-order valence-electron chi connectivity index (χ2n) is 11.5. The fourth-order valence-corrected chi connectivity index (χ4v) is 8.35. The highest BCUT2D eigenvalue weighted by Gasteiger charge is 3.01. The van der Waals surface area contributed by atoms with Crippen LogP contribution in [0.25, 0.3) is 0 Å². The summed E-state index contributed by atoms with van der Waals surface area (Å²) >= 11 is 0. The van der Waals surface area contributed by atoms with Gasteiger partial charge in [0.15, 0.2) is 11.7 Å². The Kier molecular flexibility index (Phi) is 3.61. The van der Waals surface area contributed by atoms with Crippen LogP contribution in [0.2, 0.25) is 0 Å². The molecule has 3 aliphatic carbocycles. The zero-order valence-corrected chi connectivity index (χ0v) is 19.3. The molecule has 2 spiro atoms. The molecule has 7 heteroatoms. The Morgan fingerprint density at radius 3 is 2.78 bits per heavy atom. The first-order valence-corrected chi connectivity index (χ1v) is 12.4. The minimum absolute atomic E-state index is 0.0477. The van der Waals surface area contributed by atoms with E-state index < -0.39 is 22.9 Å². The van der Waals surface area contributed by atoms with Crippen LogP contribution in [0.3, 0.4) is 0 Å². The quantitative estimate of drug-likeness (QED) is 0.476. The first kappa shape index (κ1) is 20.0. The van der Waals surface area contributed by atoms with Crippen molar-refractivity contribution in [2.45, 2.75) is 107 Å². The van der Waals surface area contributed by atoms with Gasteiger partial charge < -0.3 is 23.7 Å². The van der Waals surface area contributed by atoms with E-state index in [1.807, 2.05) is 0 Å². The summed E-state index contributed by atoms with van der Waals surface area (Å²) < 4.78 is 31.4. The summed E-state index contributed by atoms with van der Waals surface area (Å²) in [5.41, 5.74) is 0.0879. The van der Waals surface area contributed by atoms with E-state index in [2.05, 4.69) is 27.7 Å². The standard InChI is InChI=1S/C25H32O7/c1-5-6-7-17(26)29-21-23(12(2)3)18(31-23)19-25(32-19)22(4)9-8-13-14(11-28-20(13)27)15(22)10-16-24(21,25)30-16/h12,15-16,18-19,21H,5-11H2,1-4H3/t15-,16-,18-,19-,21+,22-,23-,24+,25+/m0/s1. The highest BCUT2D eigenvalue weighted by molar-refractivity contribution is 5.92. The van der Waals surface area contributed by atoms with Gasteiger partial charge in [0.2, 0.25) is 0 Å². The van der Waals surface area contributed by atoms with Gasteiger partial charge in [-0.3, -0.25) is 4.79 Å². The average Bonchev–Trinajstić information content (AvgIpc) is 3.65. The maximum absolute atomic E-state index is 12.9. The number of unbranched alkanes of at least 4 members (excludes halogenated alkanes) is 1. The largest absolute Gasteiger partial charge is 0.458 e. The van der Waals surface area contributed by atoms with Crippen LogP contribution in [0.1, 0.15) is 66.2 Å². The van der Waals surface area contributed by atoms with Crippen LogP contribution >= 0.6 is 0 Å². The van der Waals surface area contributed by atoms with Crippen molar-refractivity contribution in [2.75, 3.05) is 6.61 Å². The number of cyclic esters (lactones) is 1. The van der Waals surface area contributed by atoms with Crippen LogP contribution in [0.4, 0.5) is 0 Å². The van der Waals surface area contributed by atoms with Crippen molar-refractivity contribution >= 4 is 11.9 Å². The zero-order chi connectivity index (χ0) is 22.3. The molecule has 32 heavy (non-hydrogen) atoms. The van der Waals surface area contributed by atoms with Crippen molar-refractivity contribution in [1.29, 1.82) is 0 Å². The zero-order valence-electron chi connectivity index (χ0n) is 19.3. The molecule has 0 bridgehead atoms. The Bertz CT molecular complexity index is 971. The fourth-order valence-electron chi connectivity index (χ4n) is 8.35. The summed E-state index contributed by atoms with van der Waals surface area (Å²) in [5.74, 6) is 0.0480. The number of rotatable bonds is 5. The smallest absolute Gasteiger partial charge is 0.334 e. The van der Waals surface area contributed by atoms with E-state index in [-0.39, 0.29) is 47.5 Å². The highest BCUT2D eigenvalue weighted by Crippen LogP contribution is 2.83. The van der Waals surface area contributed by atoms with Gasteiger partial charge in [0.25, 0.3) is 0 Å². The molecule has 4 heterocycles. The summed E-state index contributed by atoms with van der Waals surface area (Å²) in [7, 11) is 0. The summed E-state index contributed by atoms with van der Waals surface area (Å²) in [4.78, 5) is 25.1. The van der Waals surface area contributed by atoms with Gasteiger partial charge in [-0.05, 0) is 43.1 Å². The van der Waals surface area contributed by atoms with Gasteiger partial charge in [0, 0.05) is 17.4 Å². The number of hydrogen-bond donors (Lipinski definition) is 0. The molecule has 0 radical (unpaired) electrons. The van der Waals surface area contributed by atoms with Gasteiger partial charge in [-0.2, -0.15) is 0 Å². The summed E-state index contributed by atoms with van der Waals surface area (Å²) in [5, 5.41) is 0. The summed E-state index contributed by atoms with van der Waals surface area (Å²) in [6.45, 7) is 9.04. The Morgan fingerprint density at radius 2 is 2.03 bits per heavy atom. The molecule has 5 fully saturated rings. The molecule has 3 saturated heterocycles. The number of fused-ring (bicyclic) bond motifs is 4. The first-order valence-electron chi connectivity index (χ1n) is 12.4. The van der Waals surface area contributed by atoms with E-state index in [4.69, 9.17) is 23.7 Å². The maximum atomic E-state index is 12.9. The third kappa shape index (κ3) is 1.91. The molecule has 0 unspecified atom stereocenters. The molecule has 4 aliphatic heterocycles. The molecule has 0 N–H and O–H groups in total. The highest BCUT2D eigenvalue weighted by atomic mass is 16.8. The van der Waals surface area contributed by atoms with Crippen LogP contribution in [-0.2, 0) is 33.3 Å². The monoisotopic (exact) mass is 444 g/mol. The van der Waals surface area contributed by atoms with Crippen molar-refractivity contribution in [3.8, 4) is 0 Å². The first-order chi connectivity index (χ1) is 15.3. The molecule has 0 aromatic carbocycles. The second-order valence-corrected chi connectivity index (χ2v) is 11.5. The fraction of sp³-hybridized carbons (Fsp3) is 0.840. The topological polar surface area (TPSA) is 90.2 Å². The van der Waals surface area contributed by atoms with Crippen LogP contribution in [0.15, 0.2) is 11.1 Å². The lowest BCUT2D eigenvalue weighted by Gasteiger charge is -2.53. The summed E-state index contributed by atoms with van der Waals surface area (Å²) in [6.07, 6.45) is 3.91. The number of carbonyl (C=O) groups excluding carboxylic acids is 2. The van der Waals surface area contributed by atoms with Gasteiger partial charge >= 0.3 is 11.9 Å². The van der Waals surface area contributed by atoms with Crippen molar-refractivity contribution in [1.82, 2.24) is 0 Å². The molecule has 174 valence electrons. The molecular weight excluding hydrogens is 412 g/mol. The normalized spacial score (nSPS) is 53.3. The lowest BCUT2D eigenvalue weighted by atomic mass is 9.46. The van der Waals surface area contributed by atoms with E-state index in [1.165, 1.54) is 0 Å². The Labute approximate surface area is 188 Å². The second kappa shape index (κ2) is 5.78. The Morgan fingerprint density at radius 1 is 1.22 bits per heavy atom. The number of ether oxygens (including phenoxy) is 5. The van der Waals surface area contributed by atoms with E-state index in [9.17, 15) is 9.59 Å². The molecule has 7 rings (SSSR count). The van der Waals surface area contributed by atoms with Crippen LogP contribution in [0.5, 0.6) is 0 Å². The van der Waals surface area contributed by atoms with Crippen LogP contribution in [0, 0.1) is 17.3 Å². The molecule has 0 amide bonds. The maximum Gasteiger partial charge on any atom is 0.334 e. The van der Waals surface area contributed by atoms with Crippen molar-refractivity contribution in [3.63, 3.8) is 0 Å². The molecule has 2 saturated carbocycles. The van der Waals surface area contributed by atoms with Crippen molar-refractivity contribution < 1.29 is 33.3 Å². The Hall–Kier alpha value is -1.44. The predicted molar refractivity (Wildman–Crippen MR) is 110 cm³/mol. The van der Waals surface area contributed by atoms with E-state index in [1.54, 1.807) is 0 Å². The lowest BCUT2D eigenvalue weighted by molar-refractivity contribution is -0.169. The van der Waals surface area contributed by atoms with E-state index >= 15 is 0 Å². The molecule has 7 aliphatic rings. The number of epoxide rings is 3. The van der Waals surface area contributed by atoms with Gasteiger partial charge in [-0.15, -0.1) is 0 Å². The summed E-state index contributed by atoms with van der Waals surface area (Å²) in [6, 6.07) is 0. The number of carbonyl (C=O) groups is 2. The number of hydrogen-bond acceptors (Lipinski definition) is 7. The van der Waals surface area contributed by atoms with Gasteiger partial charge in [-0.25, -0.2) is 4.79 Å². The average molecular weight is 445 g/mol. The minimum Gasteiger partial charge on any atom is -0.458 e. The van der Waals surface area contributed by atoms with Crippen molar-refractivity contribution in [2.24, 2.45) is 17.3 Å². The van der Waals surface area contributed by atoms with E-state index in [0.717, 1.165) is 36.8 Å².